The summed E-state index contributed by atoms with van der Waals surface area (Å²) < 4.78 is 16.9. The van der Waals surface area contributed by atoms with Crippen molar-refractivity contribution in [3.63, 3.8) is 0 Å². The van der Waals surface area contributed by atoms with Crippen molar-refractivity contribution < 1.29 is 24.5 Å². The molecule has 2 atom stereocenters. The summed E-state index contributed by atoms with van der Waals surface area (Å²) in [6.07, 6.45) is 2.93. The van der Waals surface area contributed by atoms with E-state index in [0.717, 1.165) is 18.9 Å². The lowest BCUT2D eigenvalue weighted by Crippen LogP contribution is -2.29. The predicted octanol–water partition coefficient (Wildman–Crippen LogP) is 1.66. The SMILES string of the molecule is Cc1c(N2CC[C@@H]([C@@H](O)CO)C2)c(F)cc2c(=O)c(C(=O)O)cn(C3CC3)c12. The molecule has 2 heterocycles. The number of fused-ring (bicyclic) bond motifs is 1. The van der Waals surface area contributed by atoms with Gasteiger partial charge in [0.2, 0.25) is 5.43 Å². The fourth-order valence-corrected chi connectivity index (χ4v) is 4.30. The van der Waals surface area contributed by atoms with Crippen LogP contribution in [0.1, 0.15) is 41.2 Å². The Balaban J connectivity index is 1.89. The Hall–Kier alpha value is -2.45. The molecule has 0 amide bonds. The molecule has 1 aromatic heterocycles. The highest BCUT2D eigenvalue weighted by molar-refractivity contribution is 5.95. The van der Waals surface area contributed by atoms with E-state index in [1.165, 1.54) is 6.20 Å². The third-order valence-electron chi connectivity index (χ3n) is 5.92. The number of halogens is 1. The van der Waals surface area contributed by atoms with Gasteiger partial charge in [0, 0.05) is 36.6 Å². The van der Waals surface area contributed by atoms with Gasteiger partial charge in [-0.25, -0.2) is 9.18 Å². The van der Waals surface area contributed by atoms with E-state index < -0.39 is 23.3 Å². The average molecular weight is 390 g/mol. The van der Waals surface area contributed by atoms with Crippen LogP contribution in [0.4, 0.5) is 10.1 Å². The highest BCUT2D eigenvalue weighted by Crippen LogP contribution is 2.40. The first kappa shape index (κ1) is 18.9. The standard InChI is InChI=1S/C20H23FN2O5/c1-10-17-13(19(26)14(20(27)28)8-23(17)12-2-3-12)6-15(21)18(10)22-5-4-11(7-22)16(25)9-24/h6,8,11-12,16,24-25H,2-5,7,9H2,1H3,(H,27,28)/t11-,16+/m1/s1. The Bertz CT molecular complexity index is 1010. The largest absolute Gasteiger partial charge is 0.477 e. The highest BCUT2D eigenvalue weighted by atomic mass is 19.1. The summed E-state index contributed by atoms with van der Waals surface area (Å²) in [5, 5.41) is 28.5. The predicted molar refractivity (Wildman–Crippen MR) is 102 cm³/mol. The van der Waals surface area contributed by atoms with Crippen LogP contribution in [-0.4, -0.2) is 51.7 Å². The van der Waals surface area contributed by atoms with Crippen LogP contribution in [0, 0.1) is 18.7 Å². The van der Waals surface area contributed by atoms with Gasteiger partial charge < -0.3 is 24.8 Å². The Morgan fingerprint density at radius 2 is 2.07 bits per heavy atom. The number of nitrogens with zero attached hydrogens (tertiary/aromatic N) is 2. The molecule has 0 unspecified atom stereocenters. The van der Waals surface area contributed by atoms with Crippen molar-refractivity contribution in [3.8, 4) is 0 Å². The molecular weight excluding hydrogens is 367 g/mol. The Morgan fingerprint density at radius 3 is 2.68 bits per heavy atom. The average Bonchev–Trinajstić information content (AvgIpc) is 3.39. The van der Waals surface area contributed by atoms with Crippen molar-refractivity contribution in [1.29, 1.82) is 0 Å². The molecule has 1 aromatic carbocycles. The smallest absolute Gasteiger partial charge is 0.341 e. The van der Waals surface area contributed by atoms with Crippen molar-refractivity contribution in [2.45, 2.75) is 38.3 Å². The third kappa shape index (κ3) is 2.97. The first-order valence-electron chi connectivity index (χ1n) is 9.48. The lowest BCUT2D eigenvalue weighted by atomic mass is 10.0. The van der Waals surface area contributed by atoms with Gasteiger partial charge >= 0.3 is 5.97 Å². The van der Waals surface area contributed by atoms with E-state index in [0.29, 0.717) is 36.3 Å². The summed E-state index contributed by atoms with van der Waals surface area (Å²) in [4.78, 5) is 26.0. The number of anilines is 1. The minimum atomic E-state index is -1.32. The van der Waals surface area contributed by atoms with Crippen molar-refractivity contribution in [1.82, 2.24) is 4.57 Å². The topological polar surface area (TPSA) is 103 Å². The molecule has 2 aromatic rings. The molecule has 8 heteroatoms. The van der Waals surface area contributed by atoms with E-state index in [1.807, 2.05) is 4.90 Å². The van der Waals surface area contributed by atoms with Crippen molar-refractivity contribution in [2.75, 3.05) is 24.6 Å². The first-order valence-corrected chi connectivity index (χ1v) is 9.48. The number of rotatable bonds is 5. The van der Waals surface area contributed by atoms with Gasteiger partial charge in [-0.15, -0.1) is 0 Å². The van der Waals surface area contributed by atoms with Crippen molar-refractivity contribution >= 4 is 22.6 Å². The number of aliphatic hydroxyl groups excluding tert-OH is 2. The Kier molecular flexibility index (Phi) is 4.63. The quantitative estimate of drug-likeness (QED) is 0.718. The normalized spacial score (nSPS) is 20.7. The summed E-state index contributed by atoms with van der Waals surface area (Å²) in [7, 11) is 0. The van der Waals surface area contributed by atoms with Crippen LogP contribution in [0.3, 0.4) is 0 Å². The van der Waals surface area contributed by atoms with Gasteiger partial charge in [0.15, 0.2) is 0 Å². The number of aryl methyl sites for hydroxylation is 1. The maximum absolute atomic E-state index is 15.1. The summed E-state index contributed by atoms with van der Waals surface area (Å²) in [5.74, 6) is -2.05. The van der Waals surface area contributed by atoms with Crippen molar-refractivity contribution in [2.24, 2.45) is 5.92 Å². The molecule has 150 valence electrons. The number of carbonyl (C=O) groups is 1. The van der Waals surface area contributed by atoms with Crippen LogP contribution in [0.15, 0.2) is 17.1 Å². The molecule has 1 aliphatic heterocycles. The number of hydrogen-bond acceptors (Lipinski definition) is 5. The fourth-order valence-electron chi connectivity index (χ4n) is 4.30. The van der Waals surface area contributed by atoms with Crippen LogP contribution in [0.5, 0.6) is 0 Å². The van der Waals surface area contributed by atoms with Gasteiger partial charge in [-0.3, -0.25) is 4.79 Å². The van der Waals surface area contributed by atoms with E-state index >= 15 is 4.39 Å². The molecular formula is C20H23FN2O5. The zero-order valence-electron chi connectivity index (χ0n) is 15.6. The number of pyridine rings is 1. The number of aliphatic hydroxyl groups is 2. The zero-order chi connectivity index (χ0) is 20.2. The summed E-state index contributed by atoms with van der Waals surface area (Å²) >= 11 is 0. The minimum Gasteiger partial charge on any atom is -0.477 e. The molecule has 7 nitrogen and oxygen atoms in total. The maximum atomic E-state index is 15.1. The number of carboxylic acid groups (broad SMARTS) is 1. The van der Waals surface area contributed by atoms with Crippen LogP contribution in [-0.2, 0) is 0 Å². The van der Waals surface area contributed by atoms with Gasteiger partial charge in [0.05, 0.1) is 23.9 Å². The lowest BCUT2D eigenvalue weighted by Gasteiger charge is -2.25. The monoisotopic (exact) mass is 390 g/mol. The van der Waals surface area contributed by atoms with Gasteiger partial charge in [-0.2, -0.15) is 0 Å². The molecule has 0 spiro atoms. The fraction of sp³-hybridized carbons (Fsp3) is 0.500. The maximum Gasteiger partial charge on any atom is 0.341 e. The Morgan fingerprint density at radius 1 is 1.36 bits per heavy atom. The van der Waals surface area contributed by atoms with Crippen LogP contribution in [0.25, 0.3) is 10.9 Å². The van der Waals surface area contributed by atoms with Gasteiger partial charge in [0.1, 0.15) is 11.4 Å². The summed E-state index contributed by atoms with van der Waals surface area (Å²) in [6, 6.07) is 1.25. The third-order valence-corrected chi connectivity index (χ3v) is 5.92. The number of aromatic nitrogens is 1. The molecule has 1 aliphatic carbocycles. The van der Waals surface area contributed by atoms with Gasteiger partial charge in [0.25, 0.3) is 0 Å². The Labute approximate surface area is 160 Å². The molecule has 2 fully saturated rings. The minimum absolute atomic E-state index is 0.0803. The van der Waals surface area contributed by atoms with E-state index in [4.69, 9.17) is 0 Å². The number of hydrogen-bond donors (Lipinski definition) is 3. The molecule has 28 heavy (non-hydrogen) atoms. The van der Waals surface area contributed by atoms with Crippen LogP contribution >= 0.6 is 0 Å². The van der Waals surface area contributed by atoms with Gasteiger partial charge in [-0.1, -0.05) is 0 Å². The molecule has 1 saturated carbocycles. The van der Waals surface area contributed by atoms with E-state index in [2.05, 4.69) is 0 Å². The number of aromatic carboxylic acids is 1. The van der Waals surface area contributed by atoms with Crippen LogP contribution in [0.2, 0.25) is 0 Å². The van der Waals surface area contributed by atoms with Gasteiger partial charge in [-0.05, 0) is 37.8 Å². The van der Waals surface area contributed by atoms with E-state index in [1.54, 1.807) is 11.5 Å². The lowest BCUT2D eigenvalue weighted by molar-refractivity contribution is 0.0545. The molecule has 0 bridgehead atoms. The van der Waals surface area contributed by atoms with E-state index in [-0.39, 0.29) is 29.5 Å². The highest BCUT2D eigenvalue weighted by Gasteiger charge is 2.33. The van der Waals surface area contributed by atoms with E-state index in [9.17, 15) is 24.9 Å². The molecule has 2 aliphatic rings. The van der Waals surface area contributed by atoms with Crippen molar-refractivity contribution in [3.05, 3.63) is 39.4 Å². The number of carboxylic acids is 1. The second-order valence-electron chi connectivity index (χ2n) is 7.79. The second-order valence-corrected chi connectivity index (χ2v) is 7.79. The molecule has 1 saturated heterocycles. The summed E-state index contributed by atoms with van der Waals surface area (Å²) in [6.45, 7) is 2.35. The molecule has 0 radical (unpaired) electrons. The second kappa shape index (κ2) is 6.86. The first-order chi connectivity index (χ1) is 13.3. The molecule has 3 N–H and O–H groups in total. The van der Waals surface area contributed by atoms with Crippen LogP contribution < -0.4 is 10.3 Å². The zero-order valence-corrected chi connectivity index (χ0v) is 15.6. The summed E-state index contributed by atoms with van der Waals surface area (Å²) in [5.41, 5.74) is 0.508. The molecule has 4 rings (SSSR count). The number of benzene rings is 1.